The third kappa shape index (κ3) is 3.24. The average Bonchev–Trinajstić information content (AvgIpc) is 3.10. The van der Waals surface area contributed by atoms with Gasteiger partial charge in [0.25, 0.3) is 5.91 Å². The molecule has 17 heavy (non-hydrogen) atoms. The first-order valence-electron chi connectivity index (χ1n) is 5.36. The summed E-state index contributed by atoms with van der Waals surface area (Å²) in [4.78, 5) is 11.9. The van der Waals surface area contributed by atoms with Crippen molar-refractivity contribution in [1.29, 1.82) is 0 Å². The number of rotatable bonds is 4. The van der Waals surface area contributed by atoms with E-state index in [-0.39, 0.29) is 5.91 Å². The van der Waals surface area contributed by atoms with Gasteiger partial charge in [0.1, 0.15) is 0 Å². The second kappa shape index (κ2) is 5.29. The number of halogens is 3. The van der Waals surface area contributed by atoms with Gasteiger partial charge in [0.15, 0.2) is 0 Å². The van der Waals surface area contributed by atoms with Crippen LogP contribution in [0.4, 0.5) is 0 Å². The number of amides is 1. The van der Waals surface area contributed by atoms with E-state index in [9.17, 15) is 4.79 Å². The lowest BCUT2D eigenvalue weighted by Crippen LogP contribution is -2.30. The lowest BCUT2D eigenvalue weighted by Gasteiger charge is -2.12. The van der Waals surface area contributed by atoms with Crippen molar-refractivity contribution in [3.8, 4) is 0 Å². The van der Waals surface area contributed by atoms with Crippen molar-refractivity contribution in [3.05, 3.63) is 33.3 Å². The molecule has 1 amide bonds. The molecule has 0 unspecified atom stereocenters. The highest BCUT2D eigenvalue weighted by Crippen LogP contribution is 2.46. The molecular weight excluding hydrogens is 369 g/mol. The maximum Gasteiger partial charge on any atom is 0.251 e. The van der Waals surface area contributed by atoms with E-state index in [0.29, 0.717) is 16.0 Å². The molecule has 0 aromatic heterocycles. The molecule has 0 spiro atoms. The smallest absolute Gasteiger partial charge is 0.251 e. The van der Waals surface area contributed by atoms with E-state index >= 15 is 0 Å². The number of hydrogen-bond donors (Lipinski definition) is 1. The van der Waals surface area contributed by atoms with E-state index in [1.165, 1.54) is 12.8 Å². The highest BCUT2D eigenvalue weighted by molar-refractivity contribution is 9.10. The van der Waals surface area contributed by atoms with Crippen molar-refractivity contribution in [3.63, 3.8) is 0 Å². The number of benzene rings is 1. The highest BCUT2D eigenvalue weighted by Gasteiger charge is 2.41. The summed E-state index contributed by atoms with van der Waals surface area (Å²) in [6.45, 7) is 0.733. The Morgan fingerprint density at radius 2 is 2.18 bits per heavy atom. The topological polar surface area (TPSA) is 29.1 Å². The third-order valence-electron chi connectivity index (χ3n) is 3.05. The molecule has 1 aromatic carbocycles. The van der Waals surface area contributed by atoms with Gasteiger partial charge in [-0.1, -0.05) is 27.5 Å². The fourth-order valence-electron chi connectivity index (χ4n) is 1.54. The van der Waals surface area contributed by atoms with Crippen LogP contribution in [0, 0.1) is 5.41 Å². The molecule has 0 atom stereocenters. The molecule has 1 aromatic rings. The van der Waals surface area contributed by atoms with Crippen LogP contribution in [0.1, 0.15) is 23.2 Å². The minimum absolute atomic E-state index is 0.0467. The first-order chi connectivity index (χ1) is 8.06. The van der Waals surface area contributed by atoms with E-state index in [2.05, 4.69) is 37.2 Å². The molecule has 1 fully saturated rings. The van der Waals surface area contributed by atoms with Crippen LogP contribution in [-0.4, -0.2) is 17.8 Å². The van der Waals surface area contributed by atoms with Gasteiger partial charge < -0.3 is 5.32 Å². The summed E-state index contributed by atoms with van der Waals surface area (Å²) in [5.41, 5.74) is 0.922. The van der Waals surface area contributed by atoms with Gasteiger partial charge in [-0.2, -0.15) is 0 Å². The standard InChI is InChI=1S/C12H12Br2ClNO/c13-6-12(3-4-12)7-16-11(17)8-1-2-10(15)9(14)5-8/h1-2,5H,3-4,6-7H2,(H,16,17). The van der Waals surface area contributed by atoms with Gasteiger partial charge in [-0.25, -0.2) is 0 Å². The summed E-state index contributed by atoms with van der Waals surface area (Å²) in [7, 11) is 0. The van der Waals surface area contributed by atoms with Crippen molar-refractivity contribution >= 4 is 49.4 Å². The SMILES string of the molecule is O=C(NCC1(CBr)CC1)c1ccc(Cl)c(Br)c1. The van der Waals surface area contributed by atoms with Gasteiger partial charge in [0, 0.05) is 21.9 Å². The van der Waals surface area contributed by atoms with Crippen molar-refractivity contribution in [1.82, 2.24) is 5.32 Å². The molecule has 0 heterocycles. The average molecular weight is 381 g/mol. The molecule has 1 aliphatic rings. The molecule has 0 saturated heterocycles. The molecule has 1 saturated carbocycles. The van der Waals surface area contributed by atoms with Crippen LogP contribution in [0.3, 0.4) is 0 Å². The molecule has 0 aliphatic heterocycles. The summed E-state index contributed by atoms with van der Waals surface area (Å²) >= 11 is 12.7. The maximum absolute atomic E-state index is 11.9. The second-order valence-corrected chi connectivity index (χ2v) is 6.27. The molecule has 1 aliphatic carbocycles. The number of carbonyl (C=O) groups excluding carboxylic acids is 1. The normalized spacial score (nSPS) is 16.6. The highest BCUT2D eigenvalue weighted by atomic mass is 79.9. The Hall–Kier alpha value is -0.0600. The third-order valence-corrected chi connectivity index (χ3v) is 5.45. The van der Waals surface area contributed by atoms with Gasteiger partial charge >= 0.3 is 0 Å². The summed E-state index contributed by atoms with van der Waals surface area (Å²) in [5.74, 6) is -0.0467. The Labute approximate surface area is 122 Å². The van der Waals surface area contributed by atoms with E-state index in [1.807, 2.05) is 0 Å². The van der Waals surface area contributed by atoms with Crippen molar-refractivity contribution in [2.75, 3.05) is 11.9 Å². The predicted octanol–water partition coefficient (Wildman–Crippen LogP) is 4.01. The molecule has 2 rings (SSSR count). The Bertz CT molecular complexity index is 446. The molecule has 5 heteroatoms. The van der Waals surface area contributed by atoms with Crippen LogP contribution >= 0.6 is 43.5 Å². The zero-order valence-corrected chi connectivity index (χ0v) is 13.0. The zero-order valence-electron chi connectivity index (χ0n) is 9.10. The quantitative estimate of drug-likeness (QED) is 0.785. The number of carbonyl (C=O) groups is 1. The van der Waals surface area contributed by atoms with E-state index < -0.39 is 0 Å². The maximum atomic E-state index is 11.9. The fraction of sp³-hybridized carbons (Fsp3) is 0.417. The largest absolute Gasteiger partial charge is 0.351 e. The molecular formula is C12H12Br2ClNO. The fourth-order valence-corrected chi connectivity index (χ4v) is 2.80. The van der Waals surface area contributed by atoms with E-state index in [4.69, 9.17) is 11.6 Å². The number of hydrogen-bond acceptors (Lipinski definition) is 1. The summed E-state index contributed by atoms with van der Waals surface area (Å²) < 4.78 is 0.744. The monoisotopic (exact) mass is 379 g/mol. The Balaban J connectivity index is 1.97. The summed E-state index contributed by atoms with van der Waals surface area (Å²) in [5, 5.41) is 4.53. The van der Waals surface area contributed by atoms with Crippen molar-refractivity contribution in [2.24, 2.45) is 5.41 Å². The lowest BCUT2D eigenvalue weighted by atomic mass is 10.1. The summed E-state index contributed by atoms with van der Waals surface area (Å²) in [6, 6.07) is 5.19. The molecule has 0 radical (unpaired) electrons. The van der Waals surface area contributed by atoms with Gasteiger partial charge in [-0.05, 0) is 52.4 Å². The molecule has 0 bridgehead atoms. The Morgan fingerprint density at radius 3 is 2.71 bits per heavy atom. The second-order valence-electron chi connectivity index (χ2n) is 4.45. The minimum atomic E-state index is -0.0467. The number of alkyl halides is 1. The molecule has 92 valence electrons. The van der Waals surface area contributed by atoms with Crippen LogP contribution < -0.4 is 5.32 Å². The minimum Gasteiger partial charge on any atom is -0.351 e. The Kier molecular flexibility index (Phi) is 4.16. The molecule has 2 nitrogen and oxygen atoms in total. The number of nitrogens with one attached hydrogen (secondary N) is 1. The van der Waals surface area contributed by atoms with Gasteiger partial charge in [0.05, 0.1) is 5.02 Å². The first kappa shape index (κ1) is 13.4. The lowest BCUT2D eigenvalue weighted by molar-refractivity contribution is 0.0946. The Morgan fingerprint density at radius 1 is 1.47 bits per heavy atom. The van der Waals surface area contributed by atoms with Gasteiger partial charge in [-0.15, -0.1) is 0 Å². The van der Waals surface area contributed by atoms with Gasteiger partial charge in [-0.3, -0.25) is 4.79 Å². The van der Waals surface area contributed by atoms with E-state index in [1.54, 1.807) is 18.2 Å². The molecule has 1 N–H and O–H groups in total. The van der Waals surface area contributed by atoms with Crippen molar-refractivity contribution in [2.45, 2.75) is 12.8 Å². The van der Waals surface area contributed by atoms with Crippen LogP contribution in [0.5, 0.6) is 0 Å². The zero-order chi connectivity index (χ0) is 12.5. The predicted molar refractivity (Wildman–Crippen MR) is 76.9 cm³/mol. The van der Waals surface area contributed by atoms with Crippen LogP contribution in [0.15, 0.2) is 22.7 Å². The van der Waals surface area contributed by atoms with E-state index in [0.717, 1.165) is 16.3 Å². The van der Waals surface area contributed by atoms with Gasteiger partial charge in [0.2, 0.25) is 0 Å². The van der Waals surface area contributed by atoms with Crippen LogP contribution in [0.2, 0.25) is 5.02 Å². The van der Waals surface area contributed by atoms with Crippen molar-refractivity contribution < 1.29 is 4.79 Å². The van der Waals surface area contributed by atoms with Crippen LogP contribution in [0.25, 0.3) is 0 Å². The summed E-state index contributed by atoms with van der Waals surface area (Å²) in [6.07, 6.45) is 2.37. The first-order valence-corrected chi connectivity index (χ1v) is 7.65. The van der Waals surface area contributed by atoms with Crippen LogP contribution in [-0.2, 0) is 0 Å².